The van der Waals surface area contributed by atoms with Crippen molar-refractivity contribution in [2.75, 3.05) is 0 Å². The molecule has 1 aliphatic heterocycles. The van der Waals surface area contributed by atoms with Crippen molar-refractivity contribution in [2.24, 2.45) is 0 Å². The lowest BCUT2D eigenvalue weighted by atomic mass is 10.00. The van der Waals surface area contributed by atoms with Gasteiger partial charge in [-0.3, -0.25) is 19.7 Å². The molecule has 0 unspecified atom stereocenters. The van der Waals surface area contributed by atoms with Crippen LogP contribution in [-0.4, -0.2) is 17.8 Å². The summed E-state index contributed by atoms with van der Waals surface area (Å²) >= 11 is 0. The van der Waals surface area contributed by atoms with E-state index in [1.807, 2.05) is 18.2 Å². The number of hydrogen-bond donors (Lipinski definition) is 1. The van der Waals surface area contributed by atoms with Crippen molar-refractivity contribution in [1.29, 1.82) is 0 Å². The number of allylic oxidation sites excluding steroid dienone is 2. The highest BCUT2D eigenvalue weighted by molar-refractivity contribution is 6.22. The van der Waals surface area contributed by atoms with E-state index in [9.17, 15) is 14.4 Å². The van der Waals surface area contributed by atoms with Crippen LogP contribution in [0, 0.1) is 0 Å². The minimum atomic E-state index is -0.477. The molecule has 0 aromatic heterocycles. The van der Waals surface area contributed by atoms with Crippen molar-refractivity contribution in [3.05, 3.63) is 95.1 Å². The molecule has 28 heavy (non-hydrogen) atoms. The van der Waals surface area contributed by atoms with Gasteiger partial charge in [0.25, 0.3) is 11.8 Å². The molecule has 3 rings (SSSR count). The standard InChI is InChI=1S/C23H21NO4/c1-3-6-15-10-11-18(16(12-15)7-4-2)14-28-20(25)13-17-8-5-9-19-21(17)23(27)24-22(19)26/h3-5,8-12H,1-2,6-7,13-14H2,(H,24,26,27). The molecule has 0 saturated heterocycles. The average Bonchev–Trinajstić information content (AvgIpc) is 2.96. The van der Waals surface area contributed by atoms with Gasteiger partial charge in [0.05, 0.1) is 17.5 Å². The number of benzene rings is 2. The predicted octanol–water partition coefficient (Wildman–Crippen LogP) is 3.31. The molecule has 5 heteroatoms. The largest absolute Gasteiger partial charge is 0.461 e. The summed E-state index contributed by atoms with van der Waals surface area (Å²) in [6.07, 6.45) is 5.01. The second-order valence-corrected chi connectivity index (χ2v) is 6.55. The fraction of sp³-hybridized carbons (Fsp3) is 0.174. The predicted molar refractivity (Wildman–Crippen MR) is 106 cm³/mol. The monoisotopic (exact) mass is 375 g/mol. The first-order valence-electron chi connectivity index (χ1n) is 8.99. The second-order valence-electron chi connectivity index (χ2n) is 6.55. The van der Waals surface area contributed by atoms with E-state index >= 15 is 0 Å². The van der Waals surface area contributed by atoms with E-state index in [4.69, 9.17) is 4.74 Å². The van der Waals surface area contributed by atoms with Crippen LogP contribution < -0.4 is 5.32 Å². The molecule has 0 atom stereocenters. The zero-order valence-corrected chi connectivity index (χ0v) is 15.5. The fourth-order valence-corrected chi connectivity index (χ4v) is 3.26. The van der Waals surface area contributed by atoms with Gasteiger partial charge in [-0.2, -0.15) is 0 Å². The van der Waals surface area contributed by atoms with Gasteiger partial charge in [0, 0.05) is 0 Å². The fourth-order valence-electron chi connectivity index (χ4n) is 3.26. The number of imide groups is 1. The molecule has 142 valence electrons. The summed E-state index contributed by atoms with van der Waals surface area (Å²) in [5.41, 5.74) is 4.13. The van der Waals surface area contributed by atoms with Crippen LogP contribution in [0.4, 0.5) is 0 Å². The quantitative estimate of drug-likeness (QED) is 0.436. The Morgan fingerprint density at radius 3 is 2.50 bits per heavy atom. The molecule has 0 spiro atoms. The summed E-state index contributed by atoms with van der Waals surface area (Å²) in [6.45, 7) is 7.66. The maximum atomic E-state index is 12.3. The van der Waals surface area contributed by atoms with Crippen LogP contribution in [-0.2, 0) is 35.4 Å². The Kier molecular flexibility index (Phi) is 5.84. The van der Waals surface area contributed by atoms with Crippen molar-refractivity contribution >= 4 is 17.8 Å². The smallest absolute Gasteiger partial charge is 0.310 e. The molecule has 2 amide bonds. The maximum absolute atomic E-state index is 12.3. The summed E-state index contributed by atoms with van der Waals surface area (Å²) < 4.78 is 5.43. The van der Waals surface area contributed by atoms with Gasteiger partial charge in [0.1, 0.15) is 6.61 Å². The molecular formula is C23H21NO4. The SMILES string of the molecule is C=CCc1ccc(COC(=O)Cc2cccc3c2C(=O)NC3=O)c(CC=C)c1. The van der Waals surface area contributed by atoms with E-state index in [2.05, 4.69) is 24.5 Å². The van der Waals surface area contributed by atoms with Gasteiger partial charge in [-0.15, -0.1) is 13.2 Å². The number of ether oxygens (including phenoxy) is 1. The molecule has 1 heterocycles. The molecular weight excluding hydrogens is 354 g/mol. The van der Waals surface area contributed by atoms with Gasteiger partial charge in [-0.05, 0) is 41.2 Å². The van der Waals surface area contributed by atoms with Crippen molar-refractivity contribution in [2.45, 2.75) is 25.9 Å². The highest BCUT2D eigenvalue weighted by Crippen LogP contribution is 2.21. The Morgan fingerprint density at radius 2 is 1.75 bits per heavy atom. The van der Waals surface area contributed by atoms with Gasteiger partial charge >= 0.3 is 5.97 Å². The van der Waals surface area contributed by atoms with E-state index in [-0.39, 0.29) is 18.6 Å². The van der Waals surface area contributed by atoms with Gasteiger partial charge in [0.15, 0.2) is 0 Å². The van der Waals surface area contributed by atoms with Gasteiger partial charge < -0.3 is 4.74 Å². The molecule has 2 aromatic rings. The lowest BCUT2D eigenvalue weighted by Crippen LogP contribution is -2.20. The zero-order valence-electron chi connectivity index (χ0n) is 15.5. The summed E-state index contributed by atoms with van der Waals surface area (Å²) in [7, 11) is 0. The molecule has 0 saturated carbocycles. The summed E-state index contributed by atoms with van der Waals surface area (Å²) in [5.74, 6) is -1.38. The molecule has 0 radical (unpaired) electrons. The lowest BCUT2D eigenvalue weighted by Gasteiger charge is -2.11. The minimum Gasteiger partial charge on any atom is -0.461 e. The number of nitrogens with one attached hydrogen (secondary N) is 1. The van der Waals surface area contributed by atoms with E-state index in [0.29, 0.717) is 17.5 Å². The Bertz CT molecular complexity index is 975. The van der Waals surface area contributed by atoms with E-state index < -0.39 is 17.8 Å². The molecule has 5 nitrogen and oxygen atoms in total. The topological polar surface area (TPSA) is 72.5 Å². The van der Waals surface area contributed by atoms with Crippen LogP contribution in [0.15, 0.2) is 61.7 Å². The summed E-state index contributed by atoms with van der Waals surface area (Å²) in [4.78, 5) is 36.0. The van der Waals surface area contributed by atoms with E-state index in [1.54, 1.807) is 24.3 Å². The Balaban J connectivity index is 1.70. The first kappa shape index (κ1) is 19.3. The second kappa shape index (κ2) is 8.48. The average molecular weight is 375 g/mol. The van der Waals surface area contributed by atoms with Crippen LogP contribution in [0.2, 0.25) is 0 Å². The molecule has 0 bridgehead atoms. The maximum Gasteiger partial charge on any atom is 0.310 e. The number of esters is 1. The van der Waals surface area contributed by atoms with Crippen molar-refractivity contribution in [3.8, 4) is 0 Å². The number of carbonyl (C=O) groups is 3. The van der Waals surface area contributed by atoms with Crippen LogP contribution in [0.25, 0.3) is 0 Å². The number of rotatable bonds is 8. The zero-order chi connectivity index (χ0) is 20.1. The Morgan fingerprint density at radius 1 is 0.964 bits per heavy atom. The van der Waals surface area contributed by atoms with Crippen LogP contribution in [0.1, 0.15) is 43.0 Å². The van der Waals surface area contributed by atoms with Crippen molar-refractivity contribution < 1.29 is 19.1 Å². The van der Waals surface area contributed by atoms with Gasteiger partial charge in [-0.25, -0.2) is 0 Å². The molecule has 1 N–H and O–H groups in total. The number of carbonyl (C=O) groups excluding carboxylic acids is 3. The van der Waals surface area contributed by atoms with Crippen molar-refractivity contribution in [1.82, 2.24) is 5.32 Å². The summed E-state index contributed by atoms with van der Waals surface area (Å²) in [5, 5.41) is 2.24. The van der Waals surface area contributed by atoms with Gasteiger partial charge in [-0.1, -0.05) is 42.5 Å². The lowest BCUT2D eigenvalue weighted by molar-refractivity contribution is -0.144. The van der Waals surface area contributed by atoms with Crippen LogP contribution in [0.5, 0.6) is 0 Å². The minimum absolute atomic E-state index is 0.0742. The van der Waals surface area contributed by atoms with E-state index in [1.165, 1.54) is 0 Å². The van der Waals surface area contributed by atoms with Crippen LogP contribution in [0.3, 0.4) is 0 Å². The van der Waals surface area contributed by atoms with Gasteiger partial charge in [0.2, 0.25) is 0 Å². The Labute approximate surface area is 163 Å². The Hall–Kier alpha value is -3.47. The molecule has 0 fully saturated rings. The molecule has 0 aliphatic carbocycles. The third-order valence-corrected chi connectivity index (χ3v) is 4.59. The third-order valence-electron chi connectivity index (χ3n) is 4.59. The molecule has 2 aromatic carbocycles. The number of amides is 2. The number of hydrogen-bond acceptors (Lipinski definition) is 4. The van der Waals surface area contributed by atoms with Crippen LogP contribution >= 0.6 is 0 Å². The first-order valence-corrected chi connectivity index (χ1v) is 8.99. The number of fused-ring (bicyclic) bond motifs is 1. The van der Waals surface area contributed by atoms with Crippen molar-refractivity contribution in [3.63, 3.8) is 0 Å². The highest BCUT2D eigenvalue weighted by Gasteiger charge is 2.29. The highest BCUT2D eigenvalue weighted by atomic mass is 16.5. The first-order chi connectivity index (χ1) is 13.5. The third kappa shape index (κ3) is 4.09. The normalized spacial score (nSPS) is 12.3. The summed E-state index contributed by atoms with van der Waals surface area (Å²) in [6, 6.07) is 10.9. The van der Waals surface area contributed by atoms with E-state index in [0.717, 1.165) is 23.1 Å². The molecule has 1 aliphatic rings.